The maximum Gasteiger partial charge on any atom is 0.263 e. The number of nitrogens with one attached hydrogen (secondary N) is 4. The molecule has 0 bridgehead atoms. The van der Waals surface area contributed by atoms with Crippen LogP contribution in [0.15, 0.2) is 47.5 Å². The van der Waals surface area contributed by atoms with E-state index in [2.05, 4.69) is 30.8 Å². The van der Waals surface area contributed by atoms with Crippen LogP contribution in [0.3, 0.4) is 0 Å². The Morgan fingerprint density at radius 1 is 1.07 bits per heavy atom. The molecular formula is C29H33N7O4. The van der Waals surface area contributed by atoms with Gasteiger partial charge in [-0.2, -0.15) is 0 Å². The van der Waals surface area contributed by atoms with Gasteiger partial charge < -0.3 is 35.5 Å². The van der Waals surface area contributed by atoms with Crippen LogP contribution < -0.4 is 31.1 Å². The van der Waals surface area contributed by atoms with Crippen LogP contribution >= 0.6 is 0 Å². The van der Waals surface area contributed by atoms with Crippen LogP contribution in [0.2, 0.25) is 0 Å². The van der Waals surface area contributed by atoms with E-state index in [1.54, 1.807) is 12.3 Å². The number of H-pyrrole nitrogens is 1. The van der Waals surface area contributed by atoms with Crippen molar-refractivity contribution in [2.45, 2.75) is 26.2 Å². The fourth-order valence-corrected chi connectivity index (χ4v) is 5.16. The van der Waals surface area contributed by atoms with Gasteiger partial charge in [-0.25, -0.2) is 4.98 Å². The zero-order valence-electron chi connectivity index (χ0n) is 22.5. The van der Waals surface area contributed by atoms with Crippen LogP contribution in [-0.2, 0) is 4.79 Å². The first kappa shape index (κ1) is 25.7. The molecule has 11 nitrogen and oxygen atoms in total. The molecule has 6 rings (SSSR count). The fourth-order valence-electron chi connectivity index (χ4n) is 5.16. The number of amides is 2. The second-order valence-corrected chi connectivity index (χ2v) is 10.5. The zero-order valence-corrected chi connectivity index (χ0v) is 22.5. The molecule has 3 aliphatic rings. The summed E-state index contributed by atoms with van der Waals surface area (Å²) in [7, 11) is 0. The van der Waals surface area contributed by atoms with Crippen molar-refractivity contribution >= 4 is 40.3 Å². The average molecular weight is 544 g/mol. The molecule has 3 aromatic rings. The molecule has 1 aromatic carbocycles. The largest absolute Gasteiger partial charge is 0.474 e. The molecule has 0 atom stereocenters. The summed E-state index contributed by atoms with van der Waals surface area (Å²) < 4.78 is 5.59. The highest BCUT2D eigenvalue weighted by Crippen LogP contribution is 2.35. The summed E-state index contributed by atoms with van der Waals surface area (Å²) in [4.78, 5) is 49.6. The Hall–Kier alpha value is -4.54. The number of ether oxygens (including phenoxy) is 1. The molecule has 2 aromatic heterocycles. The Kier molecular flexibility index (Phi) is 7.02. The Balaban J connectivity index is 1.12. The lowest BCUT2D eigenvalue weighted by atomic mass is 10.1. The van der Waals surface area contributed by atoms with Crippen molar-refractivity contribution in [3.63, 3.8) is 0 Å². The lowest BCUT2D eigenvalue weighted by Gasteiger charge is -2.36. The van der Waals surface area contributed by atoms with Gasteiger partial charge in [0.05, 0.1) is 17.6 Å². The molecular weight excluding hydrogens is 510 g/mol. The van der Waals surface area contributed by atoms with Gasteiger partial charge in [0.2, 0.25) is 11.8 Å². The lowest BCUT2D eigenvalue weighted by molar-refractivity contribution is -0.131. The first-order chi connectivity index (χ1) is 19.5. The number of benzene rings is 1. The summed E-state index contributed by atoms with van der Waals surface area (Å²) in [6, 6.07) is 9.19. The molecule has 40 heavy (non-hydrogen) atoms. The van der Waals surface area contributed by atoms with Gasteiger partial charge in [0.15, 0.2) is 0 Å². The molecule has 4 heterocycles. The van der Waals surface area contributed by atoms with Crippen molar-refractivity contribution in [2.75, 3.05) is 60.2 Å². The van der Waals surface area contributed by atoms with Gasteiger partial charge in [-0.15, -0.1) is 0 Å². The fraction of sp³-hybridized carbons (Fsp3) is 0.379. The number of carbonyl (C=O) groups is 2. The van der Waals surface area contributed by atoms with Gasteiger partial charge in [0.1, 0.15) is 17.9 Å². The summed E-state index contributed by atoms with van der Waals surface area (Å²) in [5, 5.41) is 9.34. The van der Waals surface area contributed by atoms with E-state index < -0.39 is 11.5 Å². The second-order valence-electron chi connectivity index (χ2n) is 10.5. The van der Waals surface area contributed by atoms with Crippen molar-refractivity contribution in [3.05, 3.63) is 64.2 Å². The minimum atomic E-state index is -0.523. The standard InChI is InChI=1S/C29H33N7O4/c1-18-23(17-32-29-26(18)30-10-15-40-29)34-22-8-9-31-27(38)25(22)28(39)33-20-4-6-21(7-5-20)35-11-13-36(14-12-35)24(37)16-19-2-3-19/h4-9,17,19,30H,2-3,10-16H2,1H3,(H,33,39)(H2,31,34,38). The van der Waals surface area contributed by atoms with Crippen molar-refractivity contribution in [1.29, 1.82) is 0 Å². The van der Waals surface area contributed by atoms with Crippen molar-refractivity contribution in [3.8, 4) is 5.88 Å². The maximum atomic E-state index is 13.3. The van der Waals surface area contributed by atoms with Crippen molar-refractivity contribution in [2.24, 2.45) is 5.92 Å². The van der Waals surface area contributed by atoms with Crippen LogP contribution in [0, 0.1) is 12.8 Å². The quantitative estimate of drug-likeness (QED) is 0.357. The van der Waals surface area contributed by atoms with E-state index in [-0.39, 0.29) is 11.5 Å². The number of rotatable bonds is 7. The summed E-state index contributed by atoms with van der Waals surface area (Å²) in [5.74, 6) is 0.882. The summed E-state index contributed by atoms with van der Waals surface area (Å²) in [6.07, 6.45) is 6.18. The zero-order chi connectivity index (χ0) is 27.6. The predicted octanol–water partition coefficient (Wildman–Crippen LogP) is 3.33. The molecule has 208 valence electrons. The van der Waals surface area contributed by atoms with E-state index in [0.29, 0.717) is 48.4 Å². The Labute approximate surface area is 231 Å². The Morgan fingerprint density at radius 2 is 1.85 bits per heavy atom. The second kappa shape index (κ2) is 10.9. The van der Waals surface area contributed by atoms with Crippen LogP contribution in [-0.4, -0.2) is 66.0 Å². The summed E-state index contributed by atoms with van der Waals surface area (Å²) in [6.45, 7) is 6.13. The molecule has 0 unspecified atom stereocenters. The number of pyridine rings is 2. The Bertz CT molecular complexity index is 1470. The number of aromatic nitrogens is 2. The van der Waals surface area contributed by atoms with Crippen LogP contribution in [0.1, 0.15) is 35.2 Å². The third-order valence-electron chi connectivity index (χ3n) is 7.69. The first-order valence-electron chi connectivity index (χ1n) is 13.8. The van der Waals surface area contributed by atoms with Gasteiger partial charge in [-0.05, 0) is 56.0 Å². The third kappa shape index (κ3) is 5.45. The number of nitrogens with zero attached hydrogens (tertiary/aromatic N) is 3. The third-order valence-corrected chi connectivity index (χ3v) is 7.69. The van der Waals surface area contributed by atoms with Crippen LogP contribution in [0.25, 0.3) is 0 Å². The number of hydrogen-bond donors (Lipinski definition) is 4. The number of piperazine rings is 1. The minimum Gasteiger partial charge on any atom is -0.474 e. The molecule has 2 amide bonds. The number of fused-ring (bicyclic) bond motifs is 1. The van der Waals surface area contributed by atoms with Gasteiger partial charge >= 0.3 is 0 Å². The monoisotopic (exact) mass is 543 g/mol. The number of anilines is 5. The van der Waals surface area contributed by atoms with Crippen molar-refractivity contribution in [1.82, 2.24) is 14.9 Å². The van der Waals surface area contributed by atoms with E-state index >= 15 is 0 Å². The predicted molar refractivity (Wildman–Crippen MR) is 154 cm³/mol. The topological polar surface area (TPSA) is 132 Å². The van der Waals surface area contributed by atoms with Gasteiger partial charge in [0.25, 0.3) is 11.5 Å². The SMILES string of the molecule is Cc1c(Nc2cc[nH]c(=O)c2C(=O)Nc2ccc(N3CCN(C(=O)CC4CC4)CC3)cc2)cnc2c1NCCO2. The first-order valence-corrected chi connectivity index (χ1v) is 13.8. The van der Waals surface area contributed by atoms with E-state index in [4.69, 9.17) is 4.74 Å². The molecule has 0 spiro atoms. The molecule has 1 saturated carbocycles. The summed E-state index contributed by atoms with van der Waals surface area (Å²) in [5.41, 5.74) is 3.77. The lowest BCUT2D eigenvalue weighted by Crippen LogP contribution is -2.48. The van der Waals surface area contributed by atoms with E-state index in [1.807, 2.05) is 36.1 Å². The molecule has 0 radical (unpaired) electrons. The number of carbonyl (C=O) groups excluding carboxylic acids is 2. The average Bonchev–Trinajstić information content (AvgIpc) is 3.79. The van der Waals surface area contributed by atoms with Crippen LogP contribution in [0.4, 0.5) is 28.4 Å². The van der Waals surface area contributed by atoms with E-state index in [9.17, 15) is 14.4 Å². The van der Waals surface area contributed by atoms with E-state index in [1.165, 1.54) is 19.0 Å². The molecule has 11 heteroatoms. The van der Waals surface area contributed by atoms with Crippen LogP contribution in [0.5, 0.6) is 5.88 Å². The minimum absolute atomic E-state index is 0.0279. The van der Waals surface area contributed by atoms with E-state index in [0.717, 1.165) is 43.1 Å². The maximum absolute atomic E-state index is 13.3. The highest BCUT2D eigenvalue weighted by atomic mass is 16.5. The highest BCUT2D eigenvalue weighted by molar-refractivity contribution is 6.08. The number of hydrogen-bond acceptors (Lipinski definition) is 8. The summed E-state index contributed by atoms with van der Waals surface area (Å²) >= 11 is 0. The molecule has 2 fully saturated rings. The Morgan fingerprint density at radius 3 is 2.60 bits per heavy atom. The molecule has 1 saturated heterocycles. The molecule has 2 aliphatic heterocycles. The normalized spacial score (nSPS) is 16.4. The smallest absolute Gasteiger partial charge is 0.263 e. The molecule has 1 aliphatic carbocycles. The van der Waals surface area contributed by atoms with Gasteiger partial charge in [-0.3, -0.25) is 14.4 Å². The number of aromatic amines is 1. The molecule has 4 N–H and O–H groups in total. The van der Waals surface area contributed by atoms with Crippen molar-refractivity contribution < 1.29 is 14.3 Å². The van der Waals surface area contributed by atoms with Gasteiger partial charge in [-0.1, -0.05) is 0 Å². The highest BCUT2D eigenvalue weighted by Gasteiger charge is 2.29. The van der Waals surface area contributed by atoms with Gasteiger partial charge in [0, 0.05) is 62.3 Å².